The van der Waals surface area contributed by atoms with Gasteiger partial charge in [-0.15, -0.1) is 0 Å². The third kappa shape index (κ3) is 4.23. The summed E-state index contributed by atoms with van der Waals surface area (Å²) in [6.07, 6.45) is 0. The first-order valence-corrected chi connectivity index (χ1v) is 9.60. The molecule has 2 aromatic carbocycles. The van der Waals surface area contributed by atoms with Gasteiger partial charge < -0.3 is 28.7 Å². The van der Waals surface area contributed by atoms with Gasteiger partial charge >= 0.3 is 5.97 Å². The molecule has 1 N–H and O–H groups in total. The molecule has 8 nitrogen and oxygen atoms in total. The van der Waals surface area contributed by atoms with E-state index in [1.54, 1.807) is 24.3 Å². The monoisotopic (exact) mass is 411 g/mol. The highest BCUT2D eigenvalue weighted by atomic mass is 16.6. The van der Waals surface area contributed by atoms with Crippen molar-refractivity contribution < 1.29 is 33.0 Å². The minimum absolute atomic E-state index is 0.0387. The van der Waals surface area contributed by atoms with E-state index in [-0.39, 0.29) is 12.4 Å². The van der Waals surface area contributed by atoms with Crippen LogP contribution in [0.5, 0.6) is 11.5 Å². The van der Waals surface area contributed by atoms with Gasteiger partial charge in [-0.2, -0.15) is 0 Å². The number of carbonyl (C=O) groups excluding carboxylic acids is 2. The van der Waals surface area contributed by atoms with Gasteiger partial charge in [0.05, 0.1) is 6.61 Å². The van der Waals surface area contributed by atoms with Crippen molar-refractivity contribution in [2.24, 2.45) is 0 Å². The standard InChI is InChI=1S/C22H21NO7/c1-2-26-12-16-15-5-3-4-6-17(15)30-21(16)22(25)29-13-20(24)23-14-7-8-18-19(11-14)28-10-9-27-18/h3-8,11H,2,9-10,12-13H2,1H3,(H,23,24). The number of benzene rings is 2. The summed E-state index contributed by atoms with van der Waals surface area (Å²) < 4.78 is 27.2. The van der Waals surface area contributed by atoms with Crippen molar-refractivity contribution in [2.75, 3.05) is 31.7 Å². The molecular weight excluding hydrogens is 390 g/mol. The highest BCUT2D eigenvalue weighted by molar-refractivity contribution is 5.98. The van der Waals surface area contributed by atoms with Crippen LogP contribution in [0.2, 0.25) is 0 Å². The summed E-state index contributed by atoms with van der Waals surface area (Å²) in [6, 6.07) is 12.3. The summed E-state index contributed by atoms with van der Waals surface area (Å²) >= 11 is 0. The normalized spacial score (nSPS) is 12.6. The third-order valence-corrected chi connectivity index (χ3v) is 4.49. The van der Waals surface area contributed by atoms with Crippen molar-refractivity contribution in [3.63, 3.8) is 0 Å². The number of rotatable bonds is 7. The summed E-state index contributed by atoms with van der Waals surface area (Å²) in [4.78, 5) is 24.8. The molecule has 30 heavy (non-hydrogen) atoms. The van der Waals surface area contributed by atoms with Crippen LogP contribution >= 0.6 is 0 Å². The highest BCUT2D eigenvalue weighted by Crippen LogP contribution is 2.32. The average Bonchev–Trinajstić information content (AvgIpc) is 3.14. The van der Waals surface area contributed by atoms with E-state index in [0.29, 0.717) is 48.2 Å². The maximum Gasteiger partial charge on any atom is 0.375 e. The summed E-state index contributed by atoms with van der Waals surface area (Å²) in [5.74, 6) is 0.00813. The number of hydrogen-bond donors (Lipinski definition) is 1. The van der Waals surface area contributed by atoms with Gasteiger partial charge in [0.25, 0.3) is 5.91 Å². The molecule has 0 aliphatic carbocycles. The van der Waals surface area contributed by atoms with E-state index in [0.717, 1.165) is 5.39 Å². The van der Waals surface area contributed by atoms with Gasteiger partial charge in [0.15, 0.2) is 18.1 Å². The van der Waals surface area contributed by atoms with E-state index in [4.69, 9.17) is 23.4 Å². The number of nitrogens with one attached hydrogen (secondary N) is 1. The lowest BCUT2D eigenvalue weighted by Gasteiger charge is -2.19. The van der Waals surface area contributed by atoms with E-state index >= 15 is 0 Å². The zero-order chi connectivity index (χ0) is 20.9. The van der Waals surface area contributed by atoms with Crippen molar-refractivity contribution in [1.29, 1.82) is 0 Å². The maximum atomic E-state index is 12.6. The van der Waals surface area contributed by atoms with Gasteiger partial charge in [-0.25, -0.2) is 4.79 Å². The van der Waals surface area contributed by atoms with Crippen LogP contribution in [0.1, 0.15) is 23.0 Å². The Balaban J connectivity index is 1.41. The predicted octanol–water partition coefficient (Wildman–Crippen LogP) is 3.54. The van der Waals surface area contributed by atoms with E-state index in [1.165, 1.54) is 0 Å². The molecular formula is C22H21NO7. The van der Waals surface area contributed by atoms with Crippen LogP contribution in [-0.4, -0.2) is 38.3 Å². The molecule has 156 valence electrons. The molecule has 0 spiro atoms. The van der Waals surface area contributed by atoms with Crippen LogP contribution in [0.4, 0.5) is 5.69 Å². The molecule has 0 radical (unpaired) electrons. The molecule has 1 aromatic heterocycles. The van der Waals surface area contributed by atoms with Gasteiger partial charge in [0.2, 0.25) is 5.76 Å². The van der Waals surface area contributed by atoms with Gasteiger partial charge in [0.1, 0.15) is 18.8 Å². The Morgan fingerprint density at radius 3 is 2.70 bits per heavy atom. The third-order valence-electron chi connectivity index (χ3n) is 4.49. The summed E-state index contributed by atoms with van der Waals surface area (Å²) in [5.41, 5.74) is 1.67. The molecule has 1 aliphatic rings. The molecule has 0 fully saturated rings. The van der Waals surface area contributed by atoms with E-state index in [9.17, 15) is 9.59 Å². The molecule has 2 heterocycles. The minimum Gasteiger partial charge on any atom is -0.486 e. The van der Waals surface area contributed by atoms with Gasteiger partial charge in [-0.1, -0.05) is 18.2 Å². The first-order chi connectivity index (χ1) is 14.7. The number of fused-ring (bicyclic) bond motifs is 2. The Labute approximate surface area is 172 Å². The lowest BCUT2D eigenvalue weighted by Crippen LogP contribution is -2.21. The lowest BCUT2D eigenvalue weighted by molar-refractivity contribution is -0.119. The second-order valence-electron chi connectivity index (χ2n) is 6.53. The molecule has 3 aromatic rings. The van der Waals surface area contributed by atoms with Crippen molar-refractivity contribution in [3.8, 4) is 11.5 Å². The first-order valence-electron chi connectivity index (χ1n) is 9.60. The Hall–Kier alpha value is -3.52. The number of para-hydroxylation sites is 1. The fraction of sp³-hybridized carbons (Fsp3) is 0.273. The Bertz CT molecular complexity index is 1070. The van der Waals surface area contributed by atoms with Crippen molar-refractivity contribution >= 4 is 28.5 Å². The average molecular weight is 411 g/mol. The van der Waals surface area contributed by atoms with Crippen LogP contribution in [0.3, 0.4) is 0 Å². The number of hydrogen-bond acceptors (Lipinski definition) is 7. The number of esters is 1. The molecule has 8 heteroatoms. The maximum absolute atomic E-state index is 12.6. The smallest absolute Gasteiger partial charge is 0.375 e. The Morgan fingerprint density at radius 1 is 1.07 bits per heavy atom. The van der Waals surface area contributed by atoms with E-state index in [1.807, 2.05) is 25.1 Å². The largest absolute Gasteiger partial charge is 0.486 e. The molecule has 0 saturated carbocycles. The molecule has 4 rings (SSSR count). The first kappa shape index (κ1) is 19.8. The van der Waals surface area contributed by atoms with Crippen molar-refractivity contribution in [2.45, 2.75) is 13.5 Å². The summed E-state index contributed by atoms with van der Waals surface area (Å²) in [5, 5.41) is 3.44. The fourth-order valence-corrected chi connectivity index (χ4v) is 3.13. The van der Waals surface area contributed by atoms with Gasteiger partial charge in [-0.05, 0) is 25.1 Å². The molecule has 1 amide bonds. The van der Waals surface area contributed by atoms with E-state index in [2.05, 4.69) is 5.32 Å². The minimum atomic E-state index is -0.724. The predicted molar refractivity (Wildman–Crippen MR) is 108 cm³/mol. The second kappa shape index (κ2) is 8.87. The molecule has 0 bridgehead atoms. The zero-order valence-corrected chi connectivity index (χ0v) is 16.4. The van der Waals surface area contributed by atoms with Crippen LogP contribution in [0.25, 0.3) is 11.0 Å². The van der Waals surface area contributed by atoms with Crippen molar-refractivity contribution in [1.82, 2.24) is 0 Å². The van der Waals surface area contributed by atoms with Crippen LogP contribution in [0.15, 0.2) is 46.9 Å². The molecule has 0 atom stereocenters. The fourth-order valence-electron chi connectivity index (χ4n) is 3.13. The molecule has 1 aliphatic heterocycles. The summed E-state index contributed by atoms with van der Waals surface area (Å²) in [7, 11) is 0. The molecule has 0 unspecified atom stereocenters. The number of ether oxygens (including phenoxy) is 4. The van der Waals surface area contributed by atoms with E-state index < -0.39 is 18.5 Å². The topological polar surface area (TPSA) is 96.2 Å². The number of amides is 1. The van der Waals surface area contributed by atoms with Gasteiger partial charge in [-0.3, -0.25) is 4.79 Å². The quantitative estimate of drug-likeness (QED) is 0.594. The van der Waals surface area contributed by atoms with Gasteiger partial charge in [0, 0.05) is 29.3 Å². The lowest BCUT2D eigenvalue weighted by atomic mass is 10.1. The van der Waals surface area contributed by atoms with Crippen LogP contribution < -0.4 is 14.8 Å². The van der Waals surface area contributed by atoms with Crippen LogP contribution in [-0.2, 0) is 20.9 Å². The Morgan fingerprint density at radius 2 is 1.87 bits per heavy atom. The zero-order valence-electron chi connectivity index (χ0n) is 16.4. The molecule has 0 saturated heterocycles. The highest BCUT2D eigenvalue weighted by Gasteiger charge is 2.23. The summed E-state index contributed by atoms with van der Waals surface area (Å²) in [6.45, 7) is 3.04. The van der Waals surface area contributed by atoms with Crippen LogP contribution in [0, 0.1) is 0 Å². The SMILES string of the molecule is CCOCc1c(C(=O)OCC(=O)Nc2ccc3c(c2)OCCO3)oc2ccccc12. The van der Waals surface area contributed by atoms with Crippen molar-refractivity contribution in [3.05, 3.63) is 53.8 Å². The number of anilines is 1. The Kier molecular flexibility index (Phi) is 5.85. The second-order valence-corrected chi connectivity index (χ2v) is 6.53. The number of furan rings is 1. The number of carbonyl (C=O) groups is 2.